The molecule has 0 fully saturated rings. The fourth-order valence-electron chi connectivity index (χ4n) is 5.62. The number of ether oxygens (including phenoxy) is 1. The van der Waals surface area contributed by atoms with E-state index in [2.05, 4.69) is 11.0 Å². The van der Waals surface area contributed by atoms with E-state index in [4.69, 9.17) is 50.1 Å². The van der Waals surface area contributed by atoms with Crippen molar-refractivity contribution in [1.29, 1.82) is 0 Å². The van der Waals surface area contributed by atoms with Crippen LogP contribution in [0, 0.1) is 32.0 Å². The van der Waals surface area contributed by atoms with Crippen LogP contribution in [-0.2, 0) is 26.8 Å². The van der Waals surface area contributed by atoms with Crippen LogP contribution in [0.25, 0.3) is 0 Å². The highest BCUT2D eigenvalue weighted by molar-refractivity contribution is 7.87. The lowest BCUT2D eigenvalue weighted by Crippen LogP contribution is -2.32. The number of nitrogens with zero attached hydrogens (tertiary/aromatic N) is 3. The number of terminal acetylenes is 1. The van der Waals surface area contributed by atoms with E-state index < -0.39 is 39.6 Å². The molecule has 0 N–H and O–H groups in total. The van der Waals surface area contributed by atoms with Crippen LogP contribution in [0.4, 0.5) is 10.1 Å². The van der Waals surface area contributed by atoms with Crippen LogP contribution in [0.5, 0.6) is 11.6 Å². The Morgan fingerprint density at radius 1 is 0.962 bits per heavy atom. The van der Waals surface area contributed by atoms with Gasteiger partial charge in [-0.25, -0.2) is 14.0 Å². The van der Waals surface area contributed by atoms with Crippen molar-refractivity contribution in [1.82, 2.24) is 9.78 Å². The average Bonchev–Trinajstić information content (AvgIpc) is 3.51. The normalized spacial score (nSPS) is 14.7. The van der Waals surface area contributed by atoms with Crippen molar-refractivity contribution in [2.75, 3.05) is 4.90 Å². The fourth-order valence-corrected chi connectivity index (χ4v) is 7.28. The Balaban J connectivity index is 0.000000203. The molecule has 0 bridgehead atoms. The summed E-state index contributed by atoms with van der Waals surface area (Å²) in [7, 11) is -2.67. The molecule has 4 aromatic rings. The van der Waals surface area contributed by atoms with E-state index in [1.165, 1.54) is 48.1 Å². The Kier molecular flexibility index (Phi) is 11.5. The van der Waals surface area contributed by atoms with Crippen molar-refractivity contribution < 1.29 is 36.1 Å². The van der Waals surface area contributed by atoms with Gasteiger partial charge in [0.15, 0.2) is 6.10 Å². The third kappa shape index (κ3) is 7.88. The number of hydrogen-bond acceptors (Lipinski definition) is 8. The number of anilines is 1. The molecule has 0 spiro atoms. The largest absolute Gasteiger partial charge is 0.476 e. The third-order valence-electron chi connectivity index (χ3n) is 8.24. The average molecular weight is 787 g/mol. The third-order valence-corrected chi connectivity index (χ3v) is 10.3. The summed E-state index contributed by atoms with van der Waals surface area (Å²) in [4.78, 5) is 39.0. The van der Waals surface area contributed by atoms with E-state index in [0.717, 1.165) is 29.4 Å². The second-order valence-corrected chi connectivity index (χ2v) is 14.8. The Bertz CT molecular complexity index is 2270. The van der Waals surface area contributed by atoms with E-state index in [1.807, 2.05) is 6.92 Å². The molecule has 2 heterocycles. The molecule has 1 aliphatic heterocycles. The van der Waals surface area contributed by atoms with Gasteiger partial charge in [-0.3, -0.25) is 14.4 Å². The second kappa shape index (κ2) is 15.5. The van der Waals surface area contributed by atoms with E-state index >= 15 is 0 Å². The molecule has 10 nitrogen and oxygen atoms in total. The number of imide groups is 1. The molecule has 2 amide bonds. The van der Waals surface area contributed by atoms with Crippen LogP contribution in [0.2, 0.25) is 15.1 Å². The summed E-state index contributed by atoms with van der Waals surface area (Å²) < 4.78 is 51.7. The van der Waals surface area contributed by atoms with Gasteiger partial charge in [0.1, 0.15) is 22.0 Å². The molecule has 0 saturated carbocycles. The Morgan fingerprint density at radius 3 is 2.15 bits per heavy atom. The zero-order valence-electron chi connectivity index (χ0n) is 28.3. The summed E-state index contributed by atoms with van der Waals surface area (Å²) in [5, 5.41) is 4.68. The highest BCUT2D eigenvalue weighted by Gasteiger charge is 2.41. The quantitative estimate of drug-likeness (QED) is 0.0763. The van der Waals surface area contributed by atoms with E-state index in [9.17, 15) is 27.2 Å². The highest BCUT2D eigenvalue weighted by Crippen LogP contribution is 2.40. The fraction of sp³-hybridized carbons (Fsp3) is 0.243. The smallest absolute Gasteiger partial charge is 0.340 e. The predicted octanol–water partition coefficient (Wildman–Crippen LogP) is 7.97. The first-order valence-corrected chi connectivity index (χ1v) is 18.3. The van der Waals surface area contributed by atoms with Crippen molar-refractivity contribution in [3.05, 3.63) is 109 Å². The molecule has 0 radical (unpaired) electrons. The summed E-state index contributed by atoms with van der Waals surface area (Å²) >= 11 is 18.0. The number of rotatable bonds is 8. The van der Waals surface area contributed by atoms with E-state index in [-0.39, 0.29) is 43.4 Å². The molecular formula is C37H31Cl3FN3O7S. The SMILES string of the molecule is C#CC(C)Oc1cc(N2C(=O)C3=C(CCCC3)C2=O)c(F)cc1Cl.Cc1ccc(S(=O)(=O)Oc2c(C(=O)c3ccc(Cl)cc3Cl)c(C)nn2C)cc1. The summed E-state index contributed by atoms with van der Waals surface area (Å²) in [5.74, 6) is 0.109. The van der Waals surface area contributed by atoms with Crippen LogP contribution in [0.1, 0.15) is 59.8 Å². The Hall–Kier alpha value is -4.67. The number of hydrogen-bond donors (Lipinski definition) is 0. The predicted molar refractivity (Wildman–Crippen MR) is 195 cm³/mol. The highest BCUT2D eigenvalue weighted by atomic mass is 35.5. The van der Waals surface area contributed by atoms with Crippen LogP contribution >= 0.6 is 34.8 Å². The first kappa shape index (κ1) is 38.6. The van der Waals surface area contributed by atoms with Crippen molar-refractivity contribution in [3.63, 3.8) is 0 Å². The van der Waals surface area contributed by atoms with Crippen molar-refractivity contribution in [2.45, 2.75) is 57.5 Å². The molecule has 1 atom stereocenters. The van der Waals surface area contributed by atoms with E-state index in [0.29, 0.717) is 34.7 Å². The molecule has 270 valence electrons. The van der Waals surface area contributed by atoms with E-state index in [1.54, 1.807) is 26.0 Å². The zero-order valence-corrected chi connectivity index (χ0v) is 31.4. The minimum absolute atomic E-state index is 0.0161. The van der Waals surface area contributed by atoms with Crippen molar-refractivity contribution in [2.24, 2.45) is 7.05 Å². The molecule has 15 heteroatoms. The summed E-state index contributed by atoms with van der Waals surface area (Å²) in [6.07, 6.45) is 7.47. The van der Waals surface area contributed by atoms with Crippen LogP contribution < -0.4 is 13.8 Å². The van der Waals surface area contributed by atoms with Crippen molar-refractivity contribution >= 4 is 68.2 Å². The standard InChI is InChI=1S/C19H16Cl2N2O4S.C18H15ClFNO3/c1-11-4-7-14(8-5-11)28(25,26)27-19-17(12(2)22-23(19)3)18(24)15-9-6-13(20)10-16(15)21;1-3-10(2)24-16-9-15(14(20)8-13(16)19)21-17(22)11-6-4-5-7-12(11)18(21)23/h4-10H,1-3H3;1,8-10H,4-7H2,2H3. The summed E-state index contributed by atoms with van der Waals surface area (Å²) in [5.41, 5.74) is 2.21. The number of benzene rings is 3. The second-order valence-electron chi connectivity index (χ2n) is 12.0. The molecule has 1 unspecified atom stereocenters. The number of ketones is 1. The maximum Gasteiger partial charge on any atom is 0.340 e. The number of halogens is 4. The van der Waals surface area contributed by atoms with Gasteiger partial charge < -0.3 is 8.92 Å². The minimum Gasteiger partial charge on any atom is -0.476 e. The molecule has 2 aliphatic rings. The van der Waals surface area contributed by atoms with Gasteiger partial charge in [0.2, 0.25) is 11.7 Å². The number of aryl methyl sites for hydroxylation is 3. The lowest BCUT2D eigenvalue weighted by atomic mass is 9.93. The summed E-state index contributed by atoms with van der Waals surface area (Å²) in [6.45, 7) is 5.06. The first-order chi connectivity index (χ1) is 24.5. The topological polar surface area (TPSA) is 125 Å². The number of amides is 2. The Morgan fingerprint density at radius 2 is 1.58 bits per heavy atom. The van der Waals surface area contributed by atoms with Crippen molar-refractivity contribution in [3.8, 4) is 24.0 Å². The van der Waals surface area contributed by atoms with Gasteiger partial charge in [-0.15, -0.1) is 6.42 Å². The maximum absolute atomic E-state index is 14.4. The number of carbonyl (C=O) groups excluding carboxylic acids is 3. The first-order valence-electron chi connectivity index (χ1n) is 15.8. The molecular weight excluding hydrogens is 756 g/mol. The van der Waals surface area contributed by atoms with Gasteiger partial charge in [0, 0.05) is 34.8 Å². The Labute approximate surface area is 315 Å². The maximum atomic E-state index is 14.4. The molecule has 1 aromatic heterocycles. The minimum atomic E-state index is -4.16. The van der Waals surface area contributed by atoms with Crippen LogP contribution in [0.3, 0.4) is 0 Å². The lowest BCUT2D eigenvalue weighted by Gasteiger charge is -2.19. The van der Waals surface area contributed by atoms with Gasteiger partial charge in [0.25, 0.3) is 11.8 Å². The van der Waals surface area contributed by atoms with Crippen LogP contribution in [-0.4, -0.2) is 41.9 Å². The van der Waals surface area contributed by atoms with Gasteiger partial charge in [-0.05, 0) is 82.9 Å². The summed E-state index contributed by atoms with van der Waals surface area (Å²) in [6, 6.07) is 12.9. The molecule has 6 rings (SSSR count). The molecule has 3 aromatic carbocycles. The molecule has 52 heavy (non-hydrogen) atoms. The monoisotopic (exact) mass is 785 g/mol. The lowest BCUT2D eigenvalue weighted by molar-refractivity contribution is -0.120. The van der Waals surface area contributed by atoms with Gasteiger partial charge >= 0.3 is 10.1 Å². The number of aromatic nitrogens is 2. The molecule has 1 aliphatic carbocycles. The van der Waals surface area contributed by atoms with Gasteiger partial charge in [-0.1, -0.05) is 58.4 Å². The van der Waals surface area contributed by atoms with Gasteiger partial charge in [-0.2, -0.15) is 13.5 Å². The van der Waals surface area contributed by atoms with Crippen LogP contribution in [0.15, 0.2) is 70.6 Å². The zero-order chi connectivity index (χ0) is 38.1. The van der Waals surface area contributed by atoms with Gasteiger partial charge in [0.05, 0.1) is 21.4 Å². The molecule has 0 saturated heterocycles. The number of carbonyl (C=O) groups is 3.